The average molecular weight is 287 g/mol. The molecule has 0 spiro atoms. The van der Waals surface area contributed by atoms with Gasteiger partial charge in [-0.1, -0.05) is 6.07 Å². The number of nitrogens with one attached hydrogen (secondary N) is 1. The Morgan fingerprint density at radius 3 is 2.76 bits per heavy atom. The highest BCUT2D eigenvalue weighted by molar-refractivity contribution is 5.90. The second-order valence-electron chi connectivity index (χ2n) is 4.66. The summed E-state index contributed by atoms with van der Waals surface area (Å²) < 4.78 is 5.64. The Morgan fingerprint density at radius 1 is 1.33 bits per heavy atom. The maximum atomic E-state index is 10.9. The van der Waals surface area contributed by atoms with Crippen LogP contribution in [-0.2, 0) is 6.54 Å². The molecule has 0 saturated carbocycles. The number of amides is 1. The van der Waals surface area contributed by atoms with Crippen LogP contribution in [-0.4, -0.2) is 27.2 Å². The third-order valence-corrected chi connectivity index (χ3v) is 2.57. The minimum absolute atomic E-state index is 0.0493. The van der Waals surface area contributed by atoms with Crippen LogP contribution in [0.25, 0.3) is 0 Å². The van der Waals surface area contributed by atoms with Gasteiger partial charge in [-0.3, -0.25) is 4.79 Å². The molecule has 1 amide bonds. The molecule has 0 aromatic carbocycles. The van der Waals surface area contributed by atoms with E-state index in [-0.39, 0.29) is 11.8 Å². The lowest BCUT2D eigenvalue weighted by Crippen LogP contribution is -2.14. The zero-order valence-corrected chi connectivity index (χ0v) is 11.9. The van der Waals surface area contributed by atoms with Gasteiger partial charge in [-0.05, 0) is 32.0 Å². The van der Waals surface area contributed by atoms with E-state index in [1.807, 2.05) is 26.0 Å². The summed E-state index contributed by atoms with van der Waals surface area (Å²) in [6.45, 7) is 4.38. The molecule has 0 aliphatic carbocycles. The van der Waals surface area contributed by atoms with E-state index in [9.17, 15) is 4.79 Å². The Balaban J connectivity index is 2.04. The zero-order chi connectivity index (χ0) is 15.2. The van der Waals surface area contributed by atoms with Gasteiger partial charge >= 0.3 is 0 Å². The van der Waals surface area contributed by atoms with Crippen molar-refractivity contribution in [1.82, 2.24) is 15.2 Å². The number of pyridine rings is 1. The second-order valence-corrected chi connectivity index (χ2v) is 4.66. The van der Waals surface area contributed by atoms with Gasteiger partial charge < -0.3 is 15.8 Å². The molecule has 2 heterocycles. The van der Waals surface area contributed by atoms with E-state index in [4.69, 9.17) is 10.5 Å². The quantitative estimate of drug-likeness (QED) is 0.831. The van der Waals surface area contributed by atoms with Crippen LogP contribution in [0.15, 0.2) is 30.5 Å². The lowest BCUT2D eigenvalue weighted by Gasteiger charge is -2.13. The molecule has 0 unspecified atom stereocenters. The van der Waals surface area contributed by atoms with Gasteiger partial charge in [0.1, 0.15) is 5.82 Å². The van der Waals surface area contributed by atoms with Crippen molar-refractivity contribution in [2.75, 3.05) is 5.32 Å². The fourth-order valence-corrected chi connectivity index (χ4v) is 1.63. The number of primary amides is 1. The summed E-state index contributed by atoms with van der Waals surface area (Å²) in [5.74, 6) is 0.523. The molecular formula is C14H17N5O2. The first kappa shape index (κ1) is 14.7. The van der Waals surface area contributed by atoms with Crippen molar-refractivity contribution >= 4 is 11.7 Å². The number of aromatic nitrogens is 3. The minimum atomic E-state index is -0.603. The fourth-order valence-electron chi connectivity index (χ4n) is 1.63. The van der Waals surface area contributed by atoms with E-state index in [0.29, 0.717) is 18.2 Å². The summed E-state index contributed by atoms with van der Waals surface area (Å²) >= 11 is 0. The molecular weight excluding hydrogens is 270 g/mol. The highest BCUT2D eigenvalue weighted by Crippen LogP contribution is 2.17. The van der Waals surface area contributed by atoms with Crippen LogP contribution in [0.5, 0.6) is 5.88 Å². The van der Waals surface area contributed by atoms with E-state index in [2.05, 4.69) is 20.5 Å². The molecule has 7 nitrogen and oxygen atoms in total. The predicted molar refractivity (Wildman–Crippen MR) is 77.9 cm³/mol. The highest BCUT2D eigenvalue weighted by atomic mass is 16.5. The zero-order valence-electron chi connectivity index (χ0n) is 11.9. The topological polar surface area (TPSA) is 103 Å². The molecule has 0 bridgehead atoms. The van der Waals surface area contributed by atoms with Gasteiger partial charge in [0.05, 0.1) is 6.10 Å². The van der Waals surface area contributed by atoms with Gasteiger partial charge in [0, 0.05) is 18.3 Å². The number of anilines is 1. The van der Waals surface area contributed by atoms with Crippen LogP contribution < -0.4 is 15.8 Å². The van der Waals surface area contributed by atoms with Crippen LogP contribution >= 0.6 is 0 Å². The monoisotopic (exact) mass is 287 g/mol. The van der Waals surface area contributed by atoms with Crippen molar-refractivity contribution in [3.63, 3.8) is 0 Å². The number of rotatable bonds is 6. The number of nitrogens with zero attached hydrogens (tertiary/aromatic N) is 3. The number of carbonyl (C=O) groups is 1. The Labute approximate surface area is 122 Å². The molecule has 0 atom stereocenters. The molecule has 110 valence electrons. The predicted octanol–water partition coefficient (Wildman–Crippen LogP) is 1.37. The maximum absolute atomic E-state index is 10.9. The van der Waals surface area contributed by atoms with Gasteiger partial charge in [0.25, 0.3) is 5.91 Å². The third-order valence-electron chi connectivity index (χ3n) is 2.57. The third kappa shape index (κ3) is 4.13. The van der Waals surface area contributed by atoms with E-state index >= 15 is 0 Å². The number of nitrogens with two attached hydrogens (primary N) is 1. The average Bonchev–Trinajstić information content (AvgIpc) is 2.46. The van der Waals surface area contributed by atoms with Crippen LogP contribution in [0.4, 0.5) is 5.82 Å². The fraction of sp³-hybridized carbons (Fsp3) is 0.286. The first-order valence-electron chi connectivity index (χ1n) is 6.54. The molecule has 0 fully saturated rings. The van der Waals surface area contributed by atoms with Crippen LogP contribution in [0, 0.1) is 0 Å². The molecule has 2 rings (SSSR count). The van der Waals surface area contributed by atoms with E-state index in [1.54, 1.807) is 12.3 Å². The summed E-state index contributed by atoms with van der Waals surface area (Å²) in [7, 11) is 0. The minimum Gasteiger partial charge on any atom is -0.475 e. The lowest BCUT2D eigenvalue weighted by atomic mass is 10.2. The Hall–Kier alpha value is -2.70. The first-order chi connectivity index (χ1) is 10.1. The molecule has 7 heteroatoms. The van der Waals surface area contributed by atoms with Crippen molar-refractivity contribution in [3.05, 3.63) is 41.7 Å². The summed E-state index contributed by atoms with van der Waals surface area (Å²) in [5.41, 5.74) is 6.15. The summed E-state index contributed by atoms with van der Waals surface area (Å²) in [6.07, 6.45) is 1.73. The van der Waals surface area contributed by atoms with Crippen LogP contribution in [0.1, 0.15) is 29.9 Å². The summed E-state index contributed by atoms with van der Waals surface area (Å²) in [5, 5.41) is 10.7. The molecule has 2 aromatic heterocycles. The standard InChI is InChI=1S/C14H17N5O2/c1-9(2)21-14-10(4-3-7-16-14)8-17-12-6-5-11(13(15)20)18-19-12/h3-7,9H,8H2,1-2H3,(H2,15,20)(H,17,19). The molecule has 0 aliphatic rings. The van der Waals surface area contributed by atoms with Gasteiger partial charge in [-0.25, -0.2) is 4.98 Å². The largest absolute Gasteiger partial charge is 0.475 e. The normalized spacial score (nSPS) is 10.4. The smallest absolute Gasteiger partial charge is 0.269 e. The van der Waals surface area contributed by atoms with Crippen molar-refractivity contribution in [3.8, 4) is 5.88 Å². The second kappa shape index (κ2) is 6.65. The highest BCUT2D eigenvalue weighted by Gasteiger charge is 2.07. The van der Waals surface area contributed by atoms with Gasteiger partial charge in [0.15, 0.2) is 5.69 Å². The van der Waals surface area contributed by atoms with Crippen LogP contribution in [0.2, 0.25) is 0 Å². The van der Waals surface area contributed by atoms with Crippen molar-refractivity contribution in [2.45, 2.75) is 26.5 Å². The summed E-state index contributed by atoms with van der Waals surface area (Å²) in [4.78, 5) is 15.1. The maximum Gasteiger partial charge on any atom is 0.269 e. The molecule has 0 aliphatic heterocycles. The Bertz CT molecular complexity index is 613. The van der Waals surface area contributed by atoms with Gasteiger partial charge in [-0.2, -0.15) is 0 Å². The van der Waals surface area contributed by atoms with Crippen molar-refractivity contribution in [2.24, 2.45) is 5.73 Å². The van der Waals surface area contributed by atoms with Crippen LogP contribution in [0.3, 0.4) is 0 Å². The molecule has 21 heavy (non-hydrogen) atoms. The summed E-state index contributed by atoms with van der Waals surface area (Å²) in [6, 6.07) is 6.92. The number of ether oxygens (including phenoxy) is 1. The Kier molecular flexibility index (Phi) is 4.65. The lowest BCUT2D eigenvalue weighted by molar-refractivity contribution is 0.0994. The molecule has 0 radical (unpaired) electrons. The van der Waals surface area contributed by atoms with E-state index in [1.165, 1.54) is 6.07 Å². The Morgan fingerprint density at radius 2 is 2.14 bits per heavy atom. The molecule has 3 N–H and O–H groups in total. The SMILES string of the molecule is CC(C)Oc1ncccc1CNc1ccc(C(N)=O)nn1. The van der Waals surface area contributed by atoms with Crippen molar-refractivity contribution in [1.29, 1.82) is 0 Å². The number of hydrogen-bond donors (Lipinski definition) is 2. The number of hydrogen-bond acceptors (Lipinski definition) is 6. The van der Waals surface area contributed by atoms with Crippen molar-refractivity contribution < 1.29 is 9.53 Å². The van der Waals surface area contributed by atoms with E-state index in [0.717, 1.165) is 5.56 Å². The van der Waals surface area contributed by atoms with E-state index < -0.39 is 5.91 Å². The molecule has 0 saturated heterocycles. The molecule has 2 aromatic rings. The number of carbonyl (C=O) groups excluding carboxylic acids is 1. The van der Waals surface area contributed by atoms with Gasteiger partial charge in [-0.15, -0.1) is 10.2 Å². The first-order valence-corrected chi connectivity index (χ1v) is 6.54. The van der Waals surface area contributed by atoms with Gasteiger partial charge in [0.2, 0.25) is 5.88 Å².